The number of halogens is 1. The number of anilines is 3. The minimum atomic E-state index is -0.496. The smallest absolute Gasteiger partial charge is 0.187 e. The number of aryl methyl sites for hydroxylation is 1. The third kappa shape index (κ3) is 4.11. The Kier molecular flexibility index (Phi) is 6.26. The Bertz CT molecular complexity index is 1240. The van der Waals surface area contributed by atoms with Gasteiger partial charge in [0.25, 0.3) is 0 Å². The van der Waals surface area contributed by atoms with Gasteiger partial charge in [0.1, 0.15) is 16.4 Å². The normalized spacial score (nSPS) is 10.9. The lowest BCUT2D eigenvalue weighted by molar-refractivity contribution is 0.357. The summed E-state index contributed by atoms with van der Waals surface area (Å²) in [6.07, 6.45) is 0.848. The van der Waals surface area contributed by atoms with Gasteiger partial charge >= 0.3 is 0 Å². The molecule has 4 rings (SSSR count). The van der Waals surface area contributed by atoms with Gasteiger partial charge in [0.15, 0.2) is 28.8 Å². The molecular formula is C21H22FN5O4S. The molecule has 0 atom stereocenters. The SMILES string of the molecule is CCc1cc(Nc2cc3onc(NSc4c(OC)ccc(F)c4OC)c3cc2OC)n[nH]1. The molecular weight excluding hydrogens is 437 g/mol. The zero-order valence-corrected chi connectivity index (χ0v) is 18.7. The number of rotatable bonds is 9. The molecule has 0 saturated carbocycles. The minimum Gasteiger partial charge on any atom is -0.495 e. The molecule has 11 heteroatoms. The van der Waals surface area contributed by atoms with Gasteiger partial charge in [-0.1, -0.05) is 12.1 Å². The predicted molar refractivity (Wildman–Crippen MR) is 121 cm³/mol. The largest absolute Gasteiger partial charge is 0.495 e. The van der Waals surface area contributed by atoms with Crippen molar-refractivity contribution in [1.29, 1.82) is 0 Å². The summed E-state index contributed by atoms with van der Waals surface area (Å²) in [5.41, 5.74) is 2.22. The Morgan fingerprint density at radius 2 is 1.91 bits per heavy atom. The molecule has 0 aliphatic carbocycles. The van der Waals surface area contributed by atoms with Crippen LogP contribution in [0.15, 0.2) is 39.8 Å². The van der Waals surface area contributed by atoms with Crippen LogP contribution in [0, 0.1) is 5.82 Å². The van der Waals surface area contributed by atoms with E-state index in [2.05, 4.69) is 25.4 Å². The Morgan fingerprint density at radius 1 is 1.09 bits per heavy atom. The molecule has 32 heavy (non-hydrogen) atoms. The van der Waals surface area contributed by atoms with Crippen LogP contribution < -0.4 is 24.2 Å². The summed E-state index contributed by atoms with van der Waals surface area (Å²) in [4.78, 5) is 0.446. The van der Waals surface area contributed by atoms with Crippen molar-refractivity contribution in [2.45, 2.75) is 18.2 Å². The second kappa shape index (κ2) is 9.27. The van der Waals surface area contributed by atoms with E-state index in [1.807, 2.05) is 13.0 Å². The van der Waals surface area contributed by atoms with Crippen LogP contribution in [-0.2, 0) is 6.42 Å². The molecule has 2 aromatic carbocycles. The van der Waals surface area contributed by atoms with E-state index in [0.717, 1.165) is 24.1 Å². The summed E-state index contributed by atoms with van der Waals surface area (Å²) >= 11 is 1.10. The second-order valence-corrected chi connectivity index (χ2v) is 7.47. The van der Waals surface area contributed by atoms with E-state index in [9.17, 15) is 4.39 Å². The van der Waals surface area contributed by atoms with Gasteiger partial charge in [0.05, 0.1) is 32.4 Å². The molecule has 0 aliphatic heterocycles. The first-order valence-corrected chi connectivity index (χ1v) is 10.5. The molecule has 168 valence electrons. The monoisotopic (exact) mass is 459 g/mol. The zero-order chi connectivity index (χ0) is 22.7. The highest BCUT2D eigenvalue weighted by molar-refractivity contribution is 8.00. The number of methoxy groups -OCH3 is 3. The molecule has 9 nitrogen and oxygen atoms in total. The minimum absolute atomic E-state index is 0.0733. The van der Waals surface area contributed by atoms with Crippen LogP contribution in [0.3, 0.4) is 0 Å². The first-order chi connectivity index (χ1) is 15.6. The number of hydrogen-bond acceptors (Lipinski definition) is 9. The molecule has 3 N–H and O–H groups in total. The van der Waals surface area contributed by atoms with Gasteiger partial charge in [0, 0.05) is 17.8 Å². The molecule has 2 aromatic heterocycles. The maximum absolute atomic E-state index is 14.1. The molecule has 0 radical (unpaired) electrons. The fourth-order valence-corrected chi connectivity index (χ4v) is 3.99. The average Bonchev–Trinajstić information content (AvgIpc) is 3.43. The quantitative estimate of drug-likeness (QED) is 0.293. The number of fused-ring (bicyclic) bond motifs is 1. The van der Waals surface area contributed by atoms with Crippen molar-refractivity contribution in [3.05, 3.63) is 41.8 Å². The van der Waals surface area contributed by atoms with Crippen LogP contribution in [0.25, 0.3) is 11.0 Å². The first-order valence-electron chi connectivity index (χ1n) is 9.70. The molecule has 0 bridgehead atoms. The van der Waals surface area contributed by atoms with E-state index in [0.29, 0.717) is 44.7 Å². The van der Waals surface area contributed by atoms with Gasteiger partial charge in [-0.25, -0.2) is 4.39 Å². The third-order valence-electron chi connectivity index (χ3n) is 4.77. The predicted octanol–water partition coefficient (Wildman–Crippen LogP) is 5.14. The lowest BCUT2D eigenvalue weighted by atomic mass is 10.2. The summed E-state index contributed by atoms with van der Waals surface area (Å²) in [7, 11) is 4.48. The number of hydrogen-bond donors (Lipinski definition) is 3. The van der Waals surface area contributed by atoms with Crippen molar-refractivity contribution < 1.29 is 23.1 Å². The van der Waals surface area contributed by atoms with Gasteiger partial charge in [0.2, 0.25) is 0 Å². The number of nitrogens with one attached hydrogen (secondary N) is 3. The van der Waals surface area contributed by atoms with Crippen molar-refractivity contribution in [2.24, 2.45) is 0 Å². The van der Waals surface area contributed by atoms with Gasteiger partial charge in [-0.3, -0.25) is 5.10 Å². The van der Waals surface area contributed by atoms with E-state index in [4.69, 9.17) is 18.7 Å². The van der Waals surface area contributed by atoms with Crippen LogP contribution in [0.5, 0.6) is 17.2 Å². The molecule has 0 saturated heterocycles. The van der Waals surface area contributed by atoms with Crippen LogP contribution in [-0.4, -0.2) is 36.7 Å². The molecule has 0 fully saturated rings. The molecule has 0 amide bonds. The van der Waals surface area contributed by atoms with Crippen molar-refractivity contribution in [1.82, 2.24) is 15.4 Å². The standard InChI is InChI=1S/C21H22FN5O4S/c1-5-11-8-18(25-24-11)23-14-10-16-12(9-17(14)29-3)21(26-31-16)27-32-20-15(28-2)7-6-13(22)19(20)30-4/h6-10H,5H2,1-4H3,(H,26,27)(H2,23,24,25). The molecule has 0 aliphatic rings. The summed E-state index contributed by atoms with van der Waals surface area (Å²) in [5.74, 6) is 1.72. The summed E-state index contributed by atoms with van der Waals surface area (Å²) in [5, 5.41) is 15.2. The Balaban J connectivity index is 1.62. The lowest BCUT2D eigenvalue weighted by Crippen LogP contribution is -1.98. The highest BCUT2D eigenvalue weighted by Crippen LogP contribution is 2.41. The van der Waals surface area contributed by atoms with Crippen molar-refractivity contribution in [3.63, 3.8) is 0 Å². The molecule has 4 aromatic rings. The van der Waals surface area contributed by atoms with Crippen LogP contribution >= 0.6 is 11.9 Å². The van der Waals surface area contributed by atoms with Crippen LogP contribution in [0.2, 0.25) is 0 Å². The van der Waals surface area contributed by atoms with Crippen LogP contribution in [0.1, 0.15) is 12.6 Å². The lowest BCUT2D eigenvalue weighted by Gasteiger charge is -2.13. The molecule has 0 unspecified atom stereocenters. The Hall–Kier alpha value is -3.60. The fraction of sp³-hybridized carbons (Fsp3) is 0.238. The topological polar surface area (TPSA) is 106 Å². The number of ether oxygens (including phenoxy) is 3. The van der Waals surface area contributed by atoms with E-state index in [-0.39, 0.29) is 5.75 Å². The number of nitrogens with zero attached hydrogens (tertiary/aromatic N) is 2. The van der Waals surface area contributed by atoms with Crippen molar-refractivity contribution in [2.75, 3.05) is 31.4 Å². The van der Waals surface area contributed by atoms with Gasteiger partial charge in [-0.15, -0.1) is 0 Å². The Labute approximate surface area is 187 Å². The number of aromatic nitrogens is 3. The van der Waals surface area contributed by atoms with Crippen molar-refractivity contribution >= 4 is 40.2 Å². The number of benzene rings is 2. The maximum Gasteiger partial charge on any atom is 0.187 e. The zero-order valence-electron chi connectivity index (χ0n) is 17.9. The van der Waals surface area contributed by atoms with Crippen molar-refractivity contribution in [3.8, 4) is 17.2 Å². The van der Waals surface area contributed by atoms with E-state index in [1.165, 1.54) is 26.4 Å². The van der Waals surface area contributed by atoms with Gasteiger partial charge < -0.3 is 28.8 Å². The highest BCUT2D eigenvalue weighted by atomic mass is 32.2. The Morgan fingerprint density at radius 3 is 2.59 bits per heavy atom. The summed E-state index contributed by atoms with van der Waals surface area (Å²) in [6.45, 7) is 2.04. The fourth-order valence-electron chi connectivity index (χ4n) is 3.12. The number of H-pyrrole nitrogens is 1. The van der Waals surface area contributed by atoms with Gasteiger partial charge in [-0.2, -0.15) is 5.10 Å². The first kappa shape index (κ1) is 21.6. The number of aromatic amines is 1. The van der Waals surface area contributed by atoms with E-state index >= 15 is 0 Å². The van der Waals surface area contributed by atoms with E-state index in [1.54, 1.807) is 19.2 Å². The molecule has 0 spiro atoms. The maximum atomic E-state index is 14.1. The summed E-state index contributed by atoms with van der Waals surface area (Å²) < 4.78 is 38.8. The summed E-state index contributed by atoms with van der Waals surface area (Å²) in [6, 6.07) is 8.32. The second-order valence-electron chi connectivity index (χ2n) is 6.65. The van der Waals surface area contributed by atoms with E-state index < -0.39 is 5.82 Å². The van der Waals surface area contributed by atoms with Gasteiger partial charge in [-0.05, 0) is 36.6 Å². The highest BCUT2D eigenvalue weighted by Gasteiger charge is 2.19. The average molecular weight is 460 g/mol. The molecule has 2 heterocycles. The third-order valence-corrected chi connectivity index (χ3v) is 5.65. The van der Waals surface area contributed by atoms with Crippen LogP contribution in [0.4, 0.5) is 21.7 Å².